The third kappa shape index (κ3) is 2.30. The molecule has 0 aromatic heterocycles. The van der Waals surface area contributed by atoms with E-state index >= 15 is 0 Å². The molecular formula is C13H12Cl2N2O2. The second kappa shape index (κ2) is 4.69. The Kier molecular flexibility index (Phi) is 3.15. The topological polar surface area (TPSA) is 49.4 Å². The molecular weight excluding hydrogens is 287 g/mol. The molecule has 0 spiro atoms. The summed E-state index contributed by atoms with van der Waals surface area (Å²) in [5.74, 6) is -0.272. The first-order valence-electron chi connectivity index (χ1n) is 6.14. The number of carbonyl (C=O) groups excluding carboxylic acids is 2. The van der Waals surface area contributed by atoms with E-state index in [0.717, 1.165) is 12.8 Å². The molecule has 1 saturated heterocycles. The highest BCUT2D eigenvalue weighted by Crippen LogP contribution is 2.34. The number of nitrogens with one attached hydrogen (secondary N) is 1. The Hall–Kier alpha value is -1.26. The van der Waals surface area contributed by atoms with Crippen molar-refractivity contribution in [1.29, 1.82) is 0 Å². The molecule has 0 bridgehead atoms. The van der Waals surface area contributed by atoms with Crippen LogP contribution >= 0.6 is 23.2 Å². The first-order chi connectivity index (χ1) is 9.08. The van der Waals surface area contributed by atoms with Gasteiger partial charge in [-0.2, -0.15) is 0 Å². The van der Waals surface area contributed by atoms with E-state index in [1.807, 2.05) is 0 Å². The van der Waals surface area contributed by atoms with Crippen molar-refractivity contribution in [2.24, 2.45) is 0 Å². The van der Waals surface area contributed by atoms with Crippen molar-refractivity contribution in [3.05, 3.63) is 28.2 Å². The second-order valence-corrected chi connectivity index (χ2v) is 5.62. The average Bonchev–Trinajstić information content (AvgIpc) is 3.14. The van der Waals surface area contributed by atoms with E-state index in [2.05, 4.69) is 5.32 Å². The van der Waals surface area contributed by atoms with Crippen molar-refractivity contribution in [2.45, 2.75) is 31.3 Å². The van der Waals surface area contributed by atoms with E-state index in [1.54, 1.807) is 18.2 Å². The van der Waals surface area contributed by atoms with Crippen molar-refractivity contribution >= 4 is 40.7 Å². The van der Waals surface area contributed by atoms with Gasteiger partial charge < -0.3 is 5.32 Å². The van der Waals surface area contributed by atoms with Crippen LogP contribution in [0, 0.1) is 0 Å². The molecule has 1 aliphatic carbocycles. The zero-order valence-electron chi connectivity index (χ0n) is 10.0. The lowest BCUT2D eigenvalue weighted by Gasteiger charge is -2.16. The number of imide groups is 1. The van der Waals surface area contributed by atoms with Gasteiger partial charge in [0.1, 0.15) is 6.04 Å². The molecule has 4 nitrogen and oxygen atoms in total. The van der Waals surface area contributed by atoms with Gasteiger partial charge in [0.15, 0.2) is 0 Å². The van der Waals surface area contributed by atoms with Crippen LogP contribution in [0.3, 0.4) is 0 Å². The van der Waals surface area contributed by atoms with Gasteiger partial charge in [0.2, 0.25) is 5.91 Å². The highest BCUT2D eigenvalue weighted by molar-refractivity contribution is 6.43. The molecule has 1 heterocycles. The summed E-state index contributed by atoms with van der Waals surface area (Å²) in [7, 11) is 0. The van der Waals surface area contributed by atoms with Crippen LogP contribution < -0.4 is 5.32 Å². The zero-order valence-corrected chi connectivity index (χ0v) is 11.5. The van der Waals surface area contributed by atoms with Crippen LogP contribution in [0.25, 0.3) is 0 Å². The van der Waals surface area contributed by atoms with Crippen LogP contribution in [0.15, 0.2) is 18.2 Å². The first kappa shape index (κ1) is 12.8. The summed E-state index contributed by atoms with van der Waals surface area (Å²) < 4.78 is 0. The Morgan fingerprint density at radius 2 is 1.95 bits per heavy atom. The Balaban J connectivity index is 1.79. The normalized spacial score (nSPS) is 23.1. The number of anilines is 1. The molecule has 6 heteroatoms. The van der Waals surface area contributed by atoms with Crippen molar-refractivity contribution in [2.75, 3.05) is 5.32 Å². The summed E-state index contributed by atoms with van der Waals surface area (Å²) in [6.45, 7) is 0. The maximum atomic E-state index is 12.2. The summed E-state index contributed by atoms with van der Waals surface area (Å²) in [6, 6.07) is 4.74. The average molecular weight is 299 g/mol. The predicted molar refractivity (Wildman–Crippen MR) is 73.4 cm³/mol. The number of rotatable bonds is 3. The van der Waals surface area contributed by atoms with Gasteiger partial charge in [-0.1, -0.05) is 29.3 Å². The number of likely N-dealkylation sites (tertiary alicyclic amines) is 1. The lowest BCUT2D eigenvalue weighted by atomic mass is 10.2. The van der Waals surface area contributed by atoms with Crippen LogP contribution in [0.1, 0.15) is 19.3 Å². The van der Waals surface area contributed by atoms with Crippen molar-refractivity contribution < 1.29 is 9.59 Å². The van der Waals surface area contributed by atoms with Gasteiger partial charge >= 0.3 is 0 Å². The van der Waals surface area contributed by atoms with Crippen molar-refractivity contribution in [3.63, 3.8) is 0 Å². The Morgan fingerprint density at radius 3 is 2.63 bits per heavy atom. The standard InChI is InChI=1S/C13H12Cl2N2O2/c14-8-2-1-3-9(12(8)15)16-10-6-11(18)17(13(10)19)7-4-5-7/h1-3,7,10,16H,4-6H2. The molecule has 19 heavy (non-hydrogen) atoms. The van der Waals surface area contributed by atoms with E-state index in [9.17, 15) is 9.59 Å². The maximum absolute atomic E-state index is 12.2. The Morgan fingerprint density at radius 1 is 1.21 bits per heavy atom. The lowest BCUT2D eigenvalue weighted by Crippen LogP contribution is -2.36. The number of carbonyl (C=O) groups is 2. The van der Waals surface area contributed by atoms with Gasteiger partial charge in [-0.3, -0.25) is 14.5 Å². The van der Waals surface area contributed by atoms with Gasteiger partial charge in [-0.25, -0.2) is 0 Å². The third-order valence-corrected chi connectivity index (χ3v) is 4.20. The van der Waals surface area contributed by atoms with E-state index in [-0.39, 0.29) is 24.3 Å². The molecule has 2 fully saturated rings. The number of benzene rings is 1. The van der Waals surface area contributed by atoms with Gasteiger partial charge in [0.05, 0.1) is 22.2 Å². The molecule has 0 radical (unpaired) electrons. The summed E-state index contributed by atoms with van der Waals surface area (Å²) in [5.41, 5.74) is 0.581. The minimum atomic E-state index is -0.538. The molecule has 1 aromatic carbocycles. The van der Waals surface area contributed by atoms with Crippen LogP contribution in [0.5, 0.6) is 0 Å². The molecule has 2 aliphatic rings. The molecule has 1 aliphatic heterocycles. The minimum Gasteiger partial charge on any atom is -0.372 e. The number of nitrogens with zero attached hydrogens (tertiary/aromatic N) is 1. The van der Waals surface area contributed by atoms with E-state index in [0.29, 0.717) is 15.7 Å². The highest BCUT2D eigenvalue weighted by Gasteiger charge is 2.46. The summed E-state index contributed by atoms with van der Waals surface area (Å²) in [6.07, 6.45) is 2.02. The zero-order chi connectivity index (χ0) is 13.6. The van der Waals surface area contributed by atoms with Crippen LogP contribution in [0.2, 0.25) is 10.0 Å². The van der Waals surface area contributed by atoms with E-state index < -0.39 is 6.04 Å². The summed E-state index contributed by atoms with van der Waals surface area (Å²) in [5, 5.41) is 3.80. The summed E-state index contributed by atoms with van der Waals surface area (Å²) >= 11 is 12.0. The molecule has 1 aromatic rings. The maximum Gasteiger partial charge on any atom is 0.252 e. The number of hydrogen-bond donors (Lipinski definition) is 1. The largest absolute Gasteiger partial charge is 0.372 e. The molecule has 100 valence electrons. The monoisotopic (exact) mass is 298 g/mol. The van der Waals surface area contributed by atoms with Crippen molar-refractivity contribution in [3.8, 4) is 0 Å². The fraction of sp³-hybridized carbons (Fsp3) is 0.385. The van der Waals surface area contributed by atoms with Gasteiger partial charge in [-0.15, -0.1) is 0 Å². The molecule has 3 rings (SSSR count). The second-order valence-electron chi connectivity index (χ2n) is 4.84. The number of hydrogen-bond acceptors (Lipinski definition) is 3. The lowest BCUT2D eigenvalue weighted by molar-refractivity contribution is -0.139. The first-order valence-corrected chi connectivity index (χ1v) is 6.90. The number of halogens is 2. The molecule has 1 saturated carbocycles. The van der Waals surface area contributed by atoms with Gasteiger partial charge in [-0.05, 0) is 25.0 Å². The smallest absolute Gasteiger partial charge is 0.252 e. The fourth-order valence-corrected chi connectivity index (χ4v) is 2.64. The Bertz CT molecular complexity index is 558. The third-order valence-electron chi connectivity index (χ3n) is 3.38. The van der Waals surface area contributed by atoms with Crippen LogP contribution in [0.4, 0.5) is 5.69 Å². The molecule has 1 N–H and O–H groups in total. The summed E-state index contributed by atoms with van der Waals surface area (Å²) in [4.78, 5) is 25.4. The Labute approximate surface area is 120 Å². The van der Waals surface area contributed by atoms with Crippen LogP contribution in [-0.4, -0.2) is 28.8 Å². The SMILES string of the molecule is O=C1CC(Nc2cccc(Cl)c2Cl)C(=O)N1C1CC1. The molecule has 1 atom stereocenters. The van der Waals surface area contributed by atoms with Crippen LogP contribution in [-0.2, 0) is 9.59 Å². The van der Waals surface area contributed by atoms with Gasteiger partial charge in [0.25, 0.3) is 5.91 Å². The molecule has 1 unspecified atom stereocenters. The number of amides is 2. The highest BCUT2D eigenvalue weighted by atomic mass is 35.5. The fourth-order valence-electron chi connectivity index (χ4n) is 2.28. The van der Waals surface area contributed by atoms with Crippen molar-refractivity contribution in [1.82, 2.24) is 4.90 Å². The van der Waals surface area contributed by atoms with E-state index in [1.165, 1.54) is 4.90 Å². The minimum absolute atomic E-state index is 0.108. The quantitative estimate of drug-likeness (QED) is 0.873. The predicted octanol–water partition coefficient (Wildman–Crippen LogP) is 2.70. The van der Waals surface area contributed by atoms with E-state index in [4.69, 9.17) is 23.2 Å². The molecule has 2 amide bonds. The van der Waals surface area contributed by atoms with Gasteiger partial charge in [0, 0.05) is 6.04 Å².